The lowest BCUT2D eigenvalue weighted by atomic mass is 9.90. The number of carbonyl (C=O) groups excluding carboxylic acids is 2. The van der Waals surface area contributed by atoms with E-state index in [1.54, 1.807) is 13.8 Å². The highest BCUT2D eigenvalue weighted by Gasteiger charge is 2.37. The Morgan fingerprint density at radius 3 is 2.27 bits per heavy atom. The third kappa shape index (κ3) is 4.09. The fourth-order valence-corrected chi connectivity index (χ4v) is 2.65. The summed E-state index contributed by atoms with van der Waals surface area (Å²) in [4.78, 5) is 24.7. The van der Waals surface area contributed by atoms with Gasteiger partial charge in [-0.2, -0.15) is 0 Å². The van der Waals surface area contributed by atoms with E-state index in [1.165, 1.54) is 5.56 Å². The molecule has 0 saturated heterocycles. The summed E-state index contributed by atoms with van der Waals surface area (Å²) in [6.45, 7) is 5.83. The average molecular weight is 302 g/mol. The smallest absolute Gasteiger partial charge is 0.235 e. The minimum absolute atomic E-state index is 0.180. The summed E-state index contributed by atoms with van der Waals surface area (Å²) in [5.41, 5.74) is 1.17. The van der Waals surface area contributed by atoms with E-state index in [2.05, 4.69) is 10.6 Å². The van der Waals surface area contributed by atoms with Crippen molar-refractivity contribution in [1.82, 2.24) is 10.6 Å². The first-order valence-electron chi connectivity index (χ1n) is 8.04. The molecule has 2 rings (SSSR count). The van der Waals surface area contributed by atoms with Gasteiger partial charge >= 0.3 is 0 Å². The van der Waals surface area contributed by atoms with Gasteiger partial charge < -0.3 is 10.6 Å². The first-order chi connectivity index (χ1) is 10.4. The zero-order valence-corrected chi connectivity index (χ0v) is 13.7. The summed E-state index contributed by atoms with van der Waals surface area (Å²) in [6.07, 6.45) is 4.36. The van der Waals surface area contributed by atoms with Crippen LogP contribution in [0, 0.1) is 12.3 Å². The third-order valence-electron chi connectivity index (χ3n) is 4.40. The minimum Gasteiger partial charge on any atom is -0.352 e. The lowest BCUT2D eigenvalue weighted by Gasteiger charge is -2.25. The monoisotopic (exact) mass is 302 g/mol. The molecule has 1 aliphatic carbocycles. The van der Waals surface area contributed by atoms with Crippen LogP contribution in [-0.4, -0.2) is 17.9 Å². The van der Waals surface area contributed by atoms with Gasteiger partial charge in [-0.05, 0) is 39.2 Å². The van der Waals surface area contributed by atoms with E-state index in [9.17, 15) is 9.59 Å². The average Bonchev–Trinajstić information content (AvgIpc) is 2.99. The summed E-state index contributed by atoms with van der Waals surface area (Å²) in [5, 5.41) is 5.87. The second-order valence-corrected chi connectivity index (χ2v) is 6.75. The molecule has 1 aromatic rings. The molecule has 2 amide bonds. The summed E-state index contributed by atoms with van der Waals surface area (Å²) in [5.74, 6) is -0.413. The standard InChI is InChI=1S/C18H26N2O2/c1-13-8-10-14(11-9-13)12-19-16(21)18(2,3)17(22)20-15-6-4-5-7-15/h8-11,15H,4-7,12H2,1-3H3,(H,19,21)(H,20,22). The van der Waals surface area contributed by atoms with Crippen LogP contribution in [0.3, 0.4) is 0 Å². The molecule has 0 unspecified atom stereocenters. The van der Waals surface area contributed by atoms with Crippen LogP contribution in [0.4, 0.5) is 0 Å². The maximum absolute atomic E-state index is 12.3. The number of amides is 2. The van der Waals surface area contributed by atoms with E-state index in [0.29, 0.717) is 6.54 Å². The number of nitrogens with one attached hydrogen (secondary N) is 2. The fourth-order valence-electron chi connectivity index (χ4n) is 2.65. The SMILES string of the molecule is Cc1ccc(CNC(=O)C(C)(C)C(=O)NC2CCCC2)cc1. The van der Waals surface area contributed by atoms with Crippen molar-refractivity contribution in [3.05, 3.63) is 35.4 Å². The lowest BCUT2D eigenvalue weighted by Crippen LogP contribution is -2.49. The quantitative estimate of drug-likeness (QED) is 0.822. The van der Waals surface area contributed by atoms with Crippen LogP contribution >= 0.6 is 0 Å². The van der Waals surface area contributed by atoms with Crippen LogP contribution in [0.1, 0.15) is 50.7 Å². The van der Waals surface area contributed by atoms with Crippen LogP contribution in [0.15, 0.2) is 24.3 Å². The number of rotatable bonds is 5. The van der Waals surface area contributed by atoms with Gasteiger partial charge in [0, 0.05) is 12.6 Å². The molecule has 120 valence electrons. The van der Waals surface area contributed by atoms with Crippen molar-refractivity contribution in [3.8, 4) is 0 Å². The maximum atomic E-state index is 12.3. The second kappa shape index (κ2) is 6.95. The number of hydrogen-bond donors (Lipinski definition) is 2. The van der Waals surface area contributed by atoms with Gasteiger partial charge in [-0.1, -0.05) is 42.7 Å². The molecule has 0 spiro atoms. The molecule has 0 radical (unpaired) electrons. The molecule has 0 aromatic heterocycles. The fraction of sp³-hybridized carbons (Fsp3) is 0.556. The van der Waals surface area contributed by atoms with Crippen molar-refractivity contribution in [2.75, 3.05) is 0 Å². The highest BCUT2D eigenvalue weighted by Crippen LogP contribution is 2.21. The van der Waals surface area contributed by atoms with Gasteiger partial charge in [0.15, 0.2) is 0 Å². The summed E-state index contributed by atoms with van der Waals surface area (Å²) in [7, 11) is 0. The Labute approximate surface area is 132 Å². The topological polar surface area (TPSA) is 58.2 Å². The molecular weight excluding hydrogens is 276 g/mol. The molecule has 1 aromatic carbocycles. The zero-order valence-electron chi connectivity index (χ0n) is 13.7. The maximum Gasteiger partial charge on any atom is 0.235 e. The molecule has 0 heterocycles. The molecule has 1 saturated carbocycles. The Balaban J connectivity index is 1.88. The van der Waals surface area contributed by atoms with Crippen molar-refractivity contribution in [2.45, 2.75) is 59.0 Å². The van der Waals surface area contributed by atoms with Gasteiger partial charge in [0.2, 0.25) is 11.8 Å². The Hall–Kier alpha value is -1.84. The lowest BCUT2D eigenvalue weighted by molar-refractivity contribution is -0.141. The molecule has 0 atom stereocenters. The van der Waals surface area contributed by atoms with Crippen molar-refractivity contribution in [3.63, 3.8) is 0 Å². The molecule has 4 nitrogen and oxygen atoms in total. The Bertz CT molecular complexity index is 529. The van der Waals surface area contributed by atoms with Gasteiger partial charge in [0.25, 0.3) is 0 Å². The Morgan fingerprint density at radius 1 is 1.09 bits per heavy atom. The van der Waals surface area contributed by atoms with Gasteiger partial charge in [0.1, 0.15) is 5.41 Å². The van der Waals surface area contributed by atoms with E-state index >= 15 is 0 Å². The Kier molecular flexibility index (Phi) is 5.22. The third-order valence-corrected chi connectivity index (χ3v) is 4.40. The first-order valence-corrected chi connectivity index (χ1v) is 8.04. The van der Waals surface area contributed by atoms with E-state index < -0.39 is 5.41 Å². The number of hydrogen-bond acceptors (Lipinski definition) is 2. The molecule has 4 heteroatoms. The highest BCUT2D eigenvalue weighted by molar-refractivity contribution is 6.04. The van der Waals surface area contributed by atoms with E-state index in [-0.39, 0.29) is 17.9 Å². The number of benzene rings is 1. The predicted molar refractivity (Wildman–Crippen MR) is 87.2 cm³/mol. The van der Waals surface area contributed by atoms with Crippen molar-refractivity contribution in [2.24, 2.45) is 5.41 Å². The molecular formula is C18H26N2O2. The molecule has 1 fully saturated rings. The molecule has 22 heavy (non-hydrogen) atoms. The summed E-state index contributed by atoms with van der Waals surface area (Å²) in [6, 6.07) is 8.23. The van der Waals surface area contributed by atoms with Gasteiger partial charge in [-0.15, -0.1) is 0 Å². The van der Waals surface area contributed by atoms with Crippen LogP contribution in [-0.2, 0) is 16.1 Å². The van der Waals surface area contributed by atoms with Gasteiger partial charge in [0.05, 0.1) is 0 Å². The van der Waals surface area contributed by atoms with Crippen LogP contribution in [0.2, 0.25) is 0 Å². The van der Waals surface area contributed by atoms with E-state index in [1.807, 2.05) is 31.2 Å². The minimum atomic E-state index is -1.05. The first kappa shape index (κ1) is 16.5. The zero-order chi connectivity index (χ0) is 16.2. The van der Waals surface area contributed by atoms with Crippen LogP contribution in [0.5, 0.6) is 0 Å². The molecule has 2 N–H and O–H groups in total. The number of aryl methyl sites for hydroxylation is 1. The summed E-state index contributed by atoms with van der Waals surface area (Å²) < 4.78 is 0. The van der Waals surface area contributed by atoms with Crippen molar-refractivity contribution < 1.29 is 9.59 Å². The van der Waals surface area contributed by atoms with E-state index in [0.717, 1.165) is 31.2 Å². The number of carbonyl (C=O) groups is 2. The van der Waals surface area contributed by atoms with Crippen LogP contribution in [0.25, 0.3) is 0 Å². The van der Waals surface area contributed by atoms with Gasteiger partial charge in [-0.3, -0.25) is 9.59 Å². The summed E-state index contributed by atoms with van der Waals surface area (Å²) >= 11 is 0. The Morgan fingerprint density at radius 2 is 1.68 bits per heavy atom. The van der Waals surface area contributed by atoms with Crippen molar-refractivity contribution in [1.29, 1.82) is 0 Å². The van der Waals surface area contributed by atoms with Crippen LogP contribution < -0.4 is 10.6 Å². The predicted octanol–water partition coefficient (Wildman–Crippen LogP) is 2.70. The highest BCUT2D eigenvalue weighted by atomic mass is 16.2. The second-order valence-electron chi connectivity index (χ2n) is 6.75. The van der Waals surface area contributed by atoms with Crippen molar-refractivity contribution >= 4 is 11.8 Å². The van der Waals surface area contributed by atoms with Gasteiger partial charge in [-0.25, -0.2) is 0 Å². The molecule has 0 aliphatic heterocycles. The molecule has 1 aliphatic rings. The largest absolute Gasteiger partial charge is 0.352 e. The normalized spacial score (nSPS) is 15.6. The van der Waals surface area contributed by atoms with E-state index in [4.69, 9.17) is 0 Å². The molecule has 0 bridgehead atoms.